The predicted molar refractivity (Wildman–Crippen MR) is 44.3 cm³/mol. The van der Waals surface area contributed by atoms with Gasteiger partial charge in [0.25, 0.3) is 0 Å². The molecule has 0 aromatic rings. The van der Waals surface area contributed by atoms with Crippen LogP contribution in [0.1, 0.15) is 6.42 Å². The molecule has 0 amide bonds. The Morgan fingerprint density at radius 1 is 1.30 bits per heavy atom. The highest BCUT2D eigenvalue weighted by Crippen LogP contribution is 1.97. The minimum Gasteiger partial charge on any atom is -0.379 e. The molecule has 1 heterocycles. The number of hydrogen-bond acceptors (Lipinski definition) is 2. The molecule has 0 aromatic carbocycles. The maximum Gasteiger partial charge on any atom is 0.0594 e. The molecule has 1 fully saturated rings. The average Bonchev–Trinajstić information content (AvgIpc) is 2.03. The van der Waals surface area contributed by atoms with Gasteiger partial charge in [-0.25, -0.2) is 0 Å². The van der Waals surface area contributed by atoms with Crippen molar-refractivity contribution in [3.05, 3.63) is 0 Å². The van der Waals surface area contributed by atoms with E-state index in [2.05, 4.69) is 4.90 Å². The lowest BCUT2D eigenvalue weighted by atomic mass is 10.4. The van der Waals surface area contributed by atoms with E-state index in [0.29, 0.717) is 0 Å². The Balaban J connectivity index is 2.02. The largest absolute Gasteiger partial charge is 0.379 e. The molecule has 10 heavy (non-hydrogen) atoms. The SMILES string of the molecule is [S]CCCN1CCOCC1. The Morgan fingerprint density at radius 2 is 2.00 bits per heavy atom. The number of rotatable bonds is 3. The van der Waals surface area contributed by atoms with Crippen molar-refractivity contribution >= 4 is 12.6 Å². The van der Waals surface area contributed by atoms with Gasteiger partial charge in [0.05, 0.1) is 13.2 Å². The first-order chi connectivity index (χ1) is 4.93. The monoisotopic (exact) mass is 160 g/mol. The lowest BCUT2D eigenvalue weighted by Gasteiger charge is -2.25. The average molecular weight is 160 g/mol. The molecule has 1 aliphatic rings. The van der Waals surface area contributed by atoms with E-state index in [1.807, 2.05) is 0 Å². The van der Waals surface area contributed by atoms with E-state index in [-0.39, 0.29) is 0 Å². The van der Waals surface area contributed by atoms with E-state index < -0.39 is 0 Å². The third-order valence-corrected chi connectivity index (χ3v) is 2.01. The topological polar surface area (TPSA) is 12.5 Å². The Hall–Kier alpha value is 0.270. The summed E-state index contributed by atoms with van der Waals surface area (Å²) in [5.74, 6) is 0.886. The second-order valence-corrected chi connectivity index (χ2v) is 2.92. The van der Waals surface area contributed by atoms with Gasteiger partial charge in [-0.2, -0.15) is 0 Å². The van der Waals surface area contributed by atoms with Crippen LogP contribution < -0.4 is 0 Å². The highest BCUT2D eigenvalue weighted by atomic mass is 32.1. The summed E-state index contributed by atoms with van der Waals surface area (Å²) in [7, 11) is 0. The van der Waals surface area contributed by atoms with Gasteiger partial charge in [0.2, 0.25) is 0 Å². The Labute approximate surface area is 68.0 Å². The van der Waals surface area contributed by atoms with Gasteiger partial charge in [0.15, 0.2) is 0 Å². The molecule has 0 aromatic heterocycles. The first-order valence-electron chi connectivity index (χ1n) is 3.81. The molecule has 0 unspecified atom stereocenters. The molecule has 0 atom stereocenters. The number of nitrogens with zero attached hydrogens (tertiary/aromatic N) is 1. The van der Waals surface area contributed by atoms with E-state index in [4.69, 9.17) is 17.4 Å². The van der Waals surface area contributed by atoms with Crippen molar-refractivity contribution in [2.75, 3.05) is 38.6 Å². The van der Waals surface area contributed by atoms with Gasteiger partial charge in [-0.1, -0.05) is 12.6 Å². The van der Waals surface area contributed by atoms with E-state index in [1.54, 1.807) is 0 Å². The van der Waals surface area contributed by atoms with Crippen LogP contribution in [0.25, 0.3) is 0 Å². The van der Waals surface area contributed by atoms with Crippen molar-refractivity contribution < 1.29 is 4.74 Å². The number of hydrogen-bond donors (Lipinski definition) is 0. The van der Waals surface area contributed by atoms with Crippen molar-refractivity contribution in [3.63, 3.8) is 0 Å². The minimum atomic E-state index is 0.886. The van der Waals surface area contributed by atoms with Crippen molar-refractivity contribution in [1.82, 2.24) is 4.90 Å². The molecule has 1 aliphatic heterocycles. The van der Waals surface area contributed by atoms with Gasteiger partial charge in [0.1, 0.15) is 0 Å². The molecular formula is C7H14NOS. The highest BCUT2D eigenvalue weighted by molar-refractivity contribution is 7.80. The summed E-state index contributed by atoms with van der Waals surface area (Å²) in [6, 6.07) is 0. The summed E-state index contributed by atoms with van der Waals surface area (Å²) >= 11 is 4.86. The van der Waals surface area contributed by atoms with Gasteiger partial charge in [-0.15, -0.1) is 0 Å². The zero-order valence-corrected chi connectivity index (χ0v) is 7.03. The van der Waals surface area contributed by atoms with Crippen LogP contribution in [0, 0.1) is 0 Å². The normalized spacial score (nSPS) is 21.3. The van der Waals surface area contributed by atoms with E-state index in [1.165, 1.54) is 0 Å². The molecule has 0 saturated carbocycles. The maximum absolute atomic E-state index is 5.21. The summed E-state index contributed by atoms with van der Waals surface area (Å²) < 4.78 is 5.21. The third-order valence-electron chi connectivity index (χ3n) is 1.72. The molecule has 0 N–H and O–H groups in total. The standard InChI is InChI=1S/C7H14NOS/c10-7-1-2-8-3-5-9-6-4-8/h1-7H2. The van der Waals surface area contributed by atoms with Crippen LogP contribution in [0.5, 0.6) is 0 Å². The van der Waals surface area contributed by atoms with Gasteiger partial charge >= 0.3 is 0 Å². The summed E-state index contributed by atoms with van der Waals surface area (Å²) in [6.07, 6.45) is 1.15. The van der Waals surface area contributed by atoms with Crippen LogP contribution in [0.15, 0.2) is 0 Å². The van der Waals surface area contributed by atoms with E-state index >= 15 is 0 Å². The Kier molecular flexibility index (Phi) is 4.18. The quantitative estimate of drug-likeness (QED) is 0.608. The smallest absolute Gasteiger partial charge is 0.0594 e. The molecule has 59 valence electrons. The van der Waals surface area contributed by atoms with Crippen LogP contribution in [-0.2, 0) is 4.74 Å². The van der Waals surface area contributed by atoms with Crippen LogP contribution in [-0.4, -0.2) is 43.5 Å². The lowest BCUT2D eigenvalue weighted by molar-refractivity contribution is 0.0381. The van der Waals surface area contributed by atoms with Crippen molar-refractivity contribution in [2.45, 2.75) is 6.42 Å². The van der Waals surface area contributed by atoms with Gasteiger partial charge < -0.3 is 4.74 Å². The molecule has 0 bridgehead atoms. The maximum atomic E-state index is 5.21. The van der Waals surface area contributed by atoms with Crippen molar-refractivity contribution in [3.8, 4) is 0 Å². The van der Waals surface area contributed by atoms with Crippen molar-refractivity contribution in [1.29, 1.82) is 0 Å². The molecule has 2 nitrogen and oxygen atoms in total. The molecule has 1 radical (unpaired) electrons. The summed E-state index contributed by atoms with van der Waals surface area (Å²) in [4.78, 5) is 2.41. The minimum absolute atomic E-state index is 0.886. The second-order valence-electron chi connectivity index (χ2n) is 2.51. The van der Waals surface area contributed by atoms with Gasteiger partial charge in [-0.3, -0.25) is 4.90 Å². The zero-order chi connectivity index (χ0) is 7.23. The summed E-state index contributed by atoms with van der Waals surface area (Å²) in [5.41, 5.74) is 0. The fourth-order valence-corrected chi connectivity index (χ4v) is 1.24. The molecule has 3 heteroatoms. The molecule has 0 aliphatic carbocycles. The summed E-state index contributed by atoms with van der Waals surface area (Å²) in [6.45, 7) is 5.15. The summed E-state index contributed by atoms with van der Waals surface area (Å²) in [5, 5.41) is 0. The van der Waals surface area contributed by atoms with E-state index in [9.17, 15) is 0 Å². The fraction of sp³-hybridized carbons (Fsp3) is 1.00. The first-order valence-corrected chi connectivity index (χ1v) is 4.39. The number of ether oxygens (including phenoxy) is 1. The molecule has 1 saturated heterocycles. The van der Waals surface area contributed by atoms with Crippen molar-refractivity contribution in [2.24, 2.45) is 0 Å². The molecular weight excluding hydrogens is 146 g/mol. The van der Waals surface area contributed by atoms with Crippen LogP contribution in [0.3, 0.4) is 0 Å². The number of morpholine rings is 1. The fourth-order valence-electron chi connectivity index (χ4n) is 1.11. The van der Waals surface area contributed by atoms with Crippen LogP contribution in [0.2, 0.25) is 0 Å². The highest BCUT2D eigenvalue weighted by Gasteiger charge is 2.08. The molecule has 1 rings (SSSR count). The van der Waals surface area contributed by atoms with Crippen LogP contribution in [0.4, 0.5) is 0 Å². The Morgan fingerprint density at radius 3 is 2.60 bits per heavy atom. The van der Waals surface area contributed by atoms with Gasteiger partial charge in [0, 0.05) is 18.8 Å². The second kappa shape index (κ2) is 4.99. The third kappa shape index (κ3) is 2.90. The van der Waals surface area contributed by atoms with Gasteiger partial charge in [-0.05, 0) is 13.0 Å². The zero-order valence-electron chi connectivity index (χ0n) is 6.21. The predicted octanol–water partition coefficient (Wildman–Crippen LogP) is 0.906. The lowest BCUT2D eigenvalue weighted by Crippen LogP contribution is -2.36. The molecule has 0 spiro atoms. The van der Waals surface area contributed by atoms with E-state index in [0.717, 1.165) is 45.0 Å². The van der Waals surface area contributed by atoms with Crippen LogP contribution >= 0.6 is 12.6 Å². The first kappa shape index (κ1) is 8.37. The Bertz CT molecular complexity index is 83.7.